The van der Waals surface area contributed by atoms with E-state index in [1.54, 1.807) is 18.2 Å². The molecule has 1 aromatic heterocycles. The SMILES string of the molecule is CCCCCCCCN(CCCCCCCC)C(=O)/C=C/c1coc2ccccc2c1=O. The minimum absolute atomic E-state index is 0.0142. The van der Waals surface area contributed by atoms with Crippen molar-refractivity contribution in [3.63, 3.8) is 0 Å². The molecular weight excluding hydrogens is 398 g/mol. The van der Waals surface area contributed by atoms with E-state index >= 15 is 0 Å². The van der Waals surface area contributed by atoms with E-state index in [0.717, 1.165) is 38.8 Å². The number of nitrogens with zero attached hydrogens (tertiary/aromatic N) is 1. The van der Waals surface area contributed by atoms with Gasteiger partial charge < -0.3 is 9.32 Å². The monoisotopic (exact) mass is 439 g/mol. The Morgan fingerprint density at radius 3 is 2.03 bits per heavy atom. The van der Waals surface area contributed by atoms with Crippen LogP contribution >= 0.6 is 0 Å². The molecule has 176 valence electrons. The molecule has 0 saturated carbocycles. The third-order valence-corrected chi connectivity index (χ3v) is 5.99. The van der Waals surface area contributed by atoms with Gasteiger partial charge >= 0.3 is 0 Å². The van der Waals surface area contributed by atoms with Gasteiger partial charge in [-0.2, -0.15) is 0 Å². The van der Waals surface area contributed by atoms with Gasteiger partial charge in [0.25, 0.3) is 0 Å². The van der Waals surface area contributed by atoms with Crippen LogP contribution in [-0.4, -0.2) is 23.9 Å². The number of carbonyl (C=O) groups is 1. The molecule has 0 saturated heterocycles. The van der Waals surface area contributed by atoms with E-state index in [2.05, 4.69) is 13.8 Å². The van der Waals surface area contributed by atoms with Crippen molar-refractivity contribution in [2.75, 3.05) is 13.1 Å². The summed E-state index contributed by atoms with van der Waals surface area (Å²) in [5.41, 5.74) is 0.874. The highest BCUT2D eigenvalue weighted by Gasteiger charge is 2.11. The molecule has 0 atom stereocenters. The number of unbranched alkanes of at least 4 members (excludes halogenated alkanes) is 10. The molecule has 0 aliphatic rings. The van der Waals surface area contributed by atoms with Gasteiger partial charge in [0.2, 0.25) is 5.91 Å². The average Bonchev–Trinajstić information content (AvgIpc) is 2.81. The van der Waals surface area contributed by atoms with Gasteiger partial charge in [-0.1, -0.05) is 90.2 Å². The summed E-state index contributed by atoms with van der Waals surface area (Å²) in [6.07, 6.45) is 19.1. The Morgan fingerprint density at radius 1 is 0.844 bits per heavy atom. The number of carbonyl (C=O) groups excluding carboxylic acids is 1. The Balaban J connectivity index is 1.95. The second kappa shape index (κ2) is 15.4. The summed E-state index contributed by atoms with van der Waals surface area (Å²) >= 11 is 0. The van der Waals surface area contributed by atoms with E-state index in [0.29, 0.717) is 16.5 Å². The van der Waals surface area contributed by atoms with E-state index in [9.17, 15) is 9.59 Å². The molecule has 1 amide bonds. The Hall–Kier alpha value is -2.36. The molecule has 1 aromatic carbocycles. The first-order valence-electron chi connectivity index (χ1n) is 12.6. The fourth-order valence-corrected chi connectivity index (χ4v) is 3.97. The Labute approximate surface area is 193 Å². The number of para-hydroxylation sites is 1. The Kier molecular flexibility index (Phi) is 12.5. The van der Waals surface area contributed by atoms with Crippen molar-refractivity contribution in [1.29, 1.82) is 0 Å². The Bertz CT molecular complexity index is 868. The lowest BCUT2D eigenvalue weighted by molar-refractivity contribution is -0.126. The summed E-state index contributed by atoms with van der Waals surface area (Å²) in [6, 6.07) is 7.19. The van der Waals surface area contributed by atoms with Gasteiger partial charge in [-0.3, -0.25) is 9.59 Å². The molecule has 1 heterocycles. The van der Waals surface area contributed by atoms with Crippen LogP contribution in [0.1, 0.15) is 96.5 Å². The van der Waals surface area contributed by atoms with Gasteiger partial charge in [0.1, 0.15) is 11.8 Å². The number of fused-ring (bicyclic) bond motifs is 1. The van der Waals surface area contributed by atoms with Crippen LogP contribution in [0.3, 0.4) is 0 Å². The molecule has 0 aliphatic carbocycles. The van der Waals surface area contributed by atoms with Crippen LogP contribution in [0.2, 0.25) is 0 Å². The molecule has 0 aliphatic heterocycles. The zero-order chi connectivity index (χ0) is 23.0. The van der Waals surface area contributed by atoms with Crippen LogP contribution in [0.4, 0.5) is 0 Å². The van der Waals surface area contributed by atoms with E-state index in [4.69, 9.17) is 4.42 Å². The second-order valence-electron chi connectivity index (χ2n) is 8.71. The minimum Gasteiger partial charge on any atom is -0.463 e. The van der Waals surface area contributed by atoms with Crippen molar-refractivity contribution in [2.24, 2.45) is 0 Å². The molecule has 2 rings (SSSR count). The molecular formula is C28H41NO3. The normalized spacial score (nSPS) is 11.4. The fraction of sp³-hybridized carbons (Fsp3) is 0.571. The summed E-state index contributed by atoms with van der Waals surface area (Å²) in [6.45, 7) is 6.03. The molecule has 2 aromatic rings. The molecule has 0 fully saturated rings. The van der Waals surface area contributed by atoms with Gasteiger partial charge in [0.05, 0.1) is 10.9 Å². The van der Waals surface area contributed by atoms with Crippen LogP contribution in [0.5, 0.6) is 0 Å². The second-order valence-corrected chi connectivity index (χ2v) is 8.71. The average molecular weight is 440 g/mol. The van der Waals surface area contributed by atoms with Gasteiger partial charge in [-0.15, -0.1) is 0 Å². The minimum atomic E-state index is -0.103. The van der Waals surface area contributed by atoms with E-state index in [-0.39, 0.29) is 11.3 Å². The summed E-state index contributed by atoms with van der Waals surface area (Å²) < 4.78 is 5.56. The number of hydrogen-bond acceptors (Lipinski definition) is 3. The zero-order valence-corrected chi connectivity index (χ0v) is 20.1. The smallest absolute Gasteiger partial charge is 0.246 e. The lowest BCUT2D eigenvalue weighted by Gasteiger charge is -2.21. The summed E-state index contributed by atoms with van der Waals surface area (Å²) in [5.74, 6) is -0.0142. The third kappa shape index (κ3) is 9.02. The van der Waals surface area contributed by atoms with Crippen molar-refractivity contribution in [2.45, 2.75) is 90.9 Å². The molecule has 0 radical (unpaired) electrons. The molecule has 0 N–H and O–H groups in total. The summed E-state index contributed by atoms with van der Waals surface area (Å²) in [7, 11) is 0. The van der Waals surface area contributed by atoms with Crippen LogP contribution in [0, 0.1) is 0 Å². The van der Waals surface area contributed by atoms with Gasteiger partial charge in [0, 0.05) is 19.2 Å². The van der Waals surface area contributed by atoms with Gasteiger partial charge in [-0.25, -0.2) is 0 Å². The van der Waals surface area contributed by atoms with Crippen molar-refractivity contribution in [3.8, 4) is 0 Å². The molecule has 4 nitrogen and oxygen atoms in total. The number of hydrogen-bond donors (Lipinski definition) is 0. The van der Waals surface area contributed by atoms with Crippen molar-refractivity contribution in [1.82, 2.24) is 4.90 Å². The predicted octanol–water partition coefficient (Wildman–Crippen LogP) is 7.36. The standard InChI is InChI=1S/C28H41NO3/c1-3-5-7-9-11-15-21-29(22-16-12-10-8-6-4-2)27(30)20-19-24-23-32-26-18-14-13-17-25(26)28(24)31/h13-14,17-20,23H,3-12,15-16,21-22H2,1-2H3/b20-19+. The highest BCUT2D eigenvalue weighted by molar-refractivity contribution is 5.92. The molecule has 0 spiro atoms. The van der Waals surface area contributed by atoms with E-state index < -0.39 is 0 Å². The zero-order valence-electron chi connectivity index (χ0n) is 20.1. The quantitative estimate of drug-likeness (QED) is 0.203. The first-order chi connectivity index (χ1) is 15.7. The van der Waals surface area contributed by atoms with Gasteiger partial charge in [-0.05, 0) is 31.1 Å². The van der Waals surface area contributed by atoms with Gasteiger partial charge in [0.15, 0.2) is 5.43 Å². The first-order valence-corrected chi connectivity index (χ1v) is 12.6. The van der Waals surface area contributed by atoms with E-state index in [1.807, 2.05) is 17.0 Å². The van der Waals surface area contributed by atoms with Crippen molar-refractivity contribution < 1.29 is 9.21 Å². The molecule has 4 heteroatoms. The van der Waals surface area contributed by atoms with Crippen molar-refractivity contribution >= 4 is 23.0 Å². The number of rotatable bonds is 16. The van der Waals surface area contributed by atoms with Crippen molar-refractivity contribution in [3.05, 3.63) is 52.4 Å². The number of benzene rings is 1. The highest BCUT2D eigenvalue weighted by atomic mass is 16.3. The highest BCUT2D eigenvalue weighted by Crippen LogP contribution is 2.13. The third-order valence-electron chi connectivity index (χ3n) is 5.99. The summed E-state index contributed by atoms with van der Waals surface area (Å²) in [4.78, 5) is 27.6. The number of amides is 1. The van der Waals surface area contributed by atoms with Crippen LogP contribution in [0.15, 0.2) is 45.8 Å². The maximum Gasteiger partial charge on any atom is 0.246 e. The van der Waals surface area contributed by atoms with Crippen LogP contribution in [-0.2, 0) is 4.79 Å². The predicted molar refractivity (Wildman–Crippen MR) is 135 cm³/mol. The topological polar surface area (TPSA) is 50.5 Å². The lowest BCUT2D eigenvalue weighted by Crippen LogP contribution is -2.31. The van der Waals surface area contributed by atoms with Crippen LogP contribution in [0.25, 0.3) is 17.0 Å². The van der Waals surface area contributed by atoms with E-state index in [1.165, 1.54) is 63.7 Å². The molecule has 32 heavy (non-hydrogen) atoms. The van der Waals surface area contributed by atoms with Crippen LogP contribution < -0.4 is 5.43 Å². The fourth-order valence-electron chi connectivity index (χ4n) is 3.97. The summed E-state index contributed by atoms with van der Waals surface area (Å²) in [5, 5.41) is 0.540. The Morgan fingerprint density at radius 2 is 1.41 bits per heavy atom. The maximum absolute atomic E-state index is 12.9. The maximum atomic E-state index is 12.9. The molecule has 0 unspecified atom stereocenters. The first kappa shape index (κ1) is 25.9. The lowest BCUT2D eigenvalue weighted by atomic mass is 10.1. The largest absolute Gasteiger partial charge is 0.463 e. The molecule has 0 bridgehead atoms.